The van der Waals surface area contributed by atoms with E-state index in [1.807, 2.05) is 5.38 Å². The number of nitrogens with one attached hydrogen (secondary N) is 1. The van der Waals surface area contributed by atoms with E-state index >= 15 is 0 Å². The van der Waals surface area contributed by atoms with Gasteiger partial charge in [0.1, 0.15) is 0 Å². The largest absolute Gasteiger partial charge is 0.383 e. The van der Waals surface area contributed by atoms with E-state index in [1.165, 1.54) is 28.5 Å². The molecule has 21 heavy (non-hydrogen) atoms. The Kier molecular flexibility index (Phi) is 5.95. The minimum Gasteiger partial charge on any atom is -0.383 e. The van der Waals surface area contributed by atoms with Crippen molar-refractivity contribution in [1.82, 2.24) is 9.62 Å². The van der Waals surface area contributed by atoms with Gasteiger partial charge in [-0.05, 0) is 24.3 Å². The molecule has 2 rings (SSSR count). The first-order valence-electron chi connectivity index (χ1n) is 6.99. The summed E-state index contributed by atoms with van der Waals surface area (Å²) < 4.78 is 32.0. The normalized spacial score (nSPS) is 15.5. The quantitative estimate of drug-likeness (QED) is 0.665. The van der Waals surface area contributed by atoms with Crippen LogP contribution >= 0.6 is 11.3 Å². The van der Waals surface area contributed by atoms with Crippen LogP contribution in [-0.2, 0) is 21.3 Å². The molecular formula is C14H22N2O3S2. The number of nitrogens with zero attached hydrogens (tertiary/aromatic N) is 1. The van der Waals surface area contributed by atoms with Crippen LogP contribution in [0.4, 0.5) is 0 Å². The van der Waals surface area contributed by atoms with Gasteiger partial charge in [-0.15, -0.1) is 17.9 Å². The summed E-state index contributed by atoms with van der Waals surface area (Å²) in [5.74, 6) is 0. The van der Waals surface area contributed by atoms with Gasteiger partial charge in [-0.2, -0.15) is 4.31 Å². The maximum atomic E-state index is 12.8. The van der Waals surface area contributed by atoms with Crippen LogP contribution in [0.1, 0.15) is 17.7 Å². The summed E-state index contributed by atoms with van der Waals surface area (Å²) in [6, 6.07) is 2.24. The lowest BCUT2D eigenvalue weighted by Gasteiger charge is -2.20. The van der Waals surface area contributed by atoms with Gasteiger partial charge in [0.25, 0.3) is 0 Å². The first kappa shape index (κ1) is 16.6. The predicted molar refractivity (Wildman–Crippen MR) is 85.0 cm³/mol. The Morgan fingerprint density at radius 1 is 1.57 bits per heavy atom. The molecule has 0 aromatic carbocycles. The second kappa shape index (κ2) is 7.51. The first-order chi connectivity index (χ1) is 10.1. The van der Waals surface area contributed by atoms with Crippen molar-refractivity contribution < 1.29 is 13.2 Å². The Bertz CT molecular complexity index is 565. The minimum absolute atomic E-state index is 0.289. The van der Waals surface area contributed by atoms with Crippen LogP contribution in [0, 0.1) is 0 Å². The molecule has 0 unspecified atom stereocenters. The number of methoxy groups -OCH3 is 1. The first-order valence-corrected chi connectivity index (χ1v) is 9.31. The fourth-order valence-corrected chi connectivity index (χ4v) is 4.76. The van der Waals surface area contributed by atoms with Crippen molar-refractivity contribution in [1.29, 1.82) is 0 Å². The fraction of sp³-hybridized carbons (Fsp3) is 0.571. The highest BCUT2D eigenvalue weighted by atomic mass is 32.2. The summed E-state index contributed by atoms with van der Waals surface area (Å²) >= 11 is 1.48. The molecule has 1 aromatic heterocycles. The third kappa shape index (κ3) is 4.37. The van der Waals surface area contributed by atoms with E-state index in [2.05, 4.69) is 11.9 Å². The van der Waals surface area contributed by atoms with Gasteiger partial charge in [-0.25, -0.2) is 8.42 Å². The molecule has 0 amide bonds. The topological polar surface area (TPSA) is 58.6 Å². The van der Waals surface area contributed by atoms with E-state index in [0.29, 0.717) is 30.6 Å². The van der Waals surface area contributed by atoms with Gasteiger partial charge in [-0.1, -0.05) is 6.08 Å². The molecule has 0 spiro atoms. The van der Waals surface area contributed by atoms with Gasteiger partial charge in [0.05, 0.1) is 11.5 Å². The number of sulfonamides is 1. The van der Waals surface area contributed by atoms with E-state index in [9.17, 15) is 8.42 Å². The van der Waals surface area contributed by atoms with Crippen molar-refractivity contribution in [3.8, 4) is 0 Å². The summed E-state index contributed by atoms with van der Waals surface area (Å²) in [6.07, 6.45) is 3.97. The summed E-state index contributed by atoms with van der Waals surface area (Å²) in [7, 11) is -1.93. The van der Waals surface area contributed by atoms with Crippen LogP contribution in [0.5, 0.6) is 0 Å². The van der Waals surface area contributed by atoms with Crippen LogP contribution < -0.4 is 5.32 Å². The number of ether oxygens (including phenoxy) is 1. The molecule has 1 N–H and O–H groups in total. The molecule has 0 atom stereocenters. The molecule has 0 bridgehead atoms. The average molecular weight is 330 g/mol. The molecule has 1 aromatic rings. The Balaban J connectivity index is 2.15. The lowest BCUT2D eigenvalue weighted by atomic mass is 10.4. The molecule has 0 aliphatic heterocycles. The monoisotopic (exact) mass is 330 g/mol. The van der Waals surface area contributed by atoms with E-state index in [1.54, 1.807) is 19.3 Å². The molecule has 0 saturated heterocycles. The number of thiophene rings is 1. The summed E-state index contributed by atoms with van der Waals surface area (Å²) in [5.41, 5.74) is 0. The molecule has 118 valence electrons. The molecule has 7 heteroatoms. The Hall–Kier alpha value is -0.730. The van der Waals surface area contributed by atoms with Gasteiger partial charge < -0.3 is 10.1 Å². The van der Waals surface area contributed by atoms with E-state index < -0.39 is 10.0 Å². The highest BCUT2D eigenvalue weighted by Crippen LogP contribution is 2.27. The van der Waals surface area contributed by atoms with Crippen molar-refractivity contribution in [3.05, 3.63) is 29.0 Å². The van der Waals surface area contributed by atoms with Crippen LogP contribution in [0.15, 0.2) is 29.0 Å². The van der Waals surface area contributed by atoms with Crippen molar-refractivity contribution in [2.24, 2.45) is 0 Å². The lowest BCUT2D eigenvalue weighted by Crippen LogP contribution is -2.34. The maximum absolute atomic E-state index is 12.8. The highest BCUT2D eigenvalue weighted by molar-refractivity contribution is 7.89. The summed E-state index contributed by atoms with van der Waals surface area (Å²) in [5, 5.41) is 5.20. The van der Waals surface area contributed by atoms with E-state index in [4.69, 9.17) is 4.74 Å². The molecule has 1 aliphatic carbocycles. The average Bonchev–Trinajstić information content (AvgIpc) is 3.16. The predicted octanol–water partition coefficient (Wildman–Crippen LogP) is 1.82. The van der Waals surface area contributed by atoms with Gasteiger partial charge in [-0.3, -0.25) is 0 Å². The van der Waals surface area contributed by atoms with Gasteiger partial charge in [0.2, 0.25) is 10.0 Å². The Labute approximate surface area is 130 Å². The van der Waals surface area contributed by atoms with Crippen LogP contribution in [0.3, 0.4) is 0 Å². The third-order valence-electron chi connectivity index (χ3n) is 3.33. The number of hydrogen-bond acceptors (Lipinski definition) is 5. The molecular weight excluding hydrogens is 308 g/mol. The van der Waals surface area contributed by atoms with Crippen molar-refractivity contribution >= 4 is 21.4 Å². The van der Waals surface area contributed by atoms with Crippen LogP contribution in [-0.4, -0.2) is 45.6 Å². The number of hydrogen-bond donors (Lipinski definition) is 1. The van der Waals surface area contributed by atoms with Crippen LogP contribution in [0.2, 0.25) is 0 Å². The Morgan fingerprint density at radius 3 is 2.95 bits per heavy atom. The zero-order valence-corrected chi connectivity index (χ0v) is 13.9. The zero-order valence-electron chi connectivity index (χ0n) is 12.2. The van der Waals surface area contributed by atoms with Gasteiger partial charge in [0, 0.05) is 37.7 Å². The van der Waals surface area contributed by atoms with Gasteiger partial charge >= 0.3 is 0 Å². The minimum atomic E-state index is -3.50. The fourth-order valence-electron chi connectivity index (χ4n) is 2.00. The van der Waals surface area contributed by atoms with Crippen molar-refractivity contribution in [2.75, 3.05) is 26.8 Å². The molecule has 1 heterocycles. The lowest BCUT2D eigenvalue weighted by molar-refractivity contribution is 0.182. The summed E-state index contributed by atoms with van der Waals surface area (Å²) in [4.78, 5) is 1.27. The van der Waals surface area contributed by atoms with Gasteiger partial charge in [0.15, 0.2) is 0 Å². The van der Waals surface area contributed by atoms with Crippen molar-refractivity contribution in [2.45, 2.75) is 30.3 Å². The van der Waals surface area contributed by atoms with E-state index in [0.717, 1.165) is 4.88 Å². The van der Waals surface area contributed by atoms with Crippen LogP contribution in [0.25, 0.3) is 0 Å². The molecule has 1 fully saturated rings. The number of rotatable bonds is 10. The van der Waals surface area contributed by atoms with E-state index in [-0.39, 0.29) is 6.54 Å². The second-order valence-electron chi connectivity index (χ2n) is 5.01. The zero-order chi connectivity index (χ0) is 15.3. The second-order valence-corrected chi connectivity index (χ2v) is 7.91. The summed E-state index contributed by atoms with van der Waals surface area (Å²) in [6.45, 7) is 5.24. The van der Waals surface area contributed by atoms with Crippen molar-refractivity contribution in [3.63, 3.8) is 0 Å². The maximum Gasteiger partial charge on any atom is 0.244 e. The third-order valence-corrected chi connectivity index (χ3v) is 6.33. The highest BCUT2D eigenvalue weighted by Gasteiger charge is 2.28. The molecule has 0 radical (unpaired) electrons. The Morgan fingerprint density at radius 2 is 2.33 bits per heavy atom. The molecule has 5 nitrogen and oxygen atoms in total. The standard InChI is InChI=1S/C14H22N2O3S2/c1-3-7-16(8-9-19-2)21(17,18)14-6-10-20-13(14)11-15-12-4-5-12/h3,6,10,12,15H,1,4-5,7-9,11H2,2H3. The molecule has 1 aliphatic rings. The molecule has 1 saturated carbocycles. The smallest absolute Gasteiger partial charge is 0.244 e. The SMILES string of the molecule is C=CCN(CCOC)S(=O)(=O)c1ccsc1CNC1CC1.